The van der Waals surface area contributed by atoms with E-state index in [9.17, 15) is 12.8 Å². The molecule has 5 nitrogen and oxygen atoms in total. The summed E-state index contributed by atoms with van der Waals surface area (Å²) in [6.45, 7) is -0.0266. The number of nitrogens with one attached hydrogen (secondary N) is 1. The molecule has 1 aromatic carbocycles. The van der Waals surface area contributed by atoms with Crippen LogP contribution in [0.3, 0.4) is 0 Å². The molecule has 0 saturated heterocycles. The second kappa shape index (κ2) is 6.33. The molecular formula is C13H13FN2O3S. The third kappa shape index (κ3) is 4.51. The first-order valence-corrected chi connectivity index (χ1v) is 7.49. The zero-order valence-corrected chi connectivity index (χ0v) is 11.3. The number of aromatic nitrogens is 1. The lowest BCUT2D eigenvalue weighted by Gasteiger charge is -2.09. The van der Waals surface area contributed by atoms with Gasteiger partial charge in [-0.3, -0.25) is 9.71 Å². The average molecular weight is 296 g/mol. The van der Waals surface area contributed by atoms with Gasteiger partial charge in [-0.05, 0) is 36.4 Å². The molecule has 2 rings (SSSR count). The van der Waals surface area contributed by atoms with Crippen molar-refractivity contribution < 1.29 is 17.5 Å². The van der Waals surface area contributed by atoms with Crippen LogP contribution in [-0.2, 0) is 10.0 Å². The highest BCUT2D eigenvalue weighted by atomic mass is 32.2. The van der Waals surface area contributed by atoms with Crippen LogP contribution in [0.15, 0.2) is 48.8 Å². The Labute approximate surface area is 116 Å². The molecular weight excluding hydrogens is 283 g/mol. The zero-order valence-electron chi connectivity index (χ0n) is 10.5. The van der Waals surface area contributed by atoms with Crippen LogP contribution in [0.4, 0.5) is 10.1 Å². The van der Waals surface area contributed by atoms with Gasteiger partial charge in [-0.25, -0.2) is 12.8 Å². The first-order valence-electron chi connectivity index (χ1n) is 5.84. The Balaban J connectivity index is 1.85. The fraction of sp³-hybridized carbons (Fsp3) is 0.154. The summed E-state index contributed by atoms with van der Waals surface area (Å²) < 4.78 is 43.8. The Bertz CT molecular complexity index is 645. The van der Waals surface area contributed by atoms with E-state index in [2.05, 4.69) is 9.71 Å². The standard InChI is InChI=1S/C13H13FN2O3S/c14-11-3-5-13(6-4-11)19-8-9-20(17,18)16-12-2-1-7-15-10-12/h1-7,10,16H,8-9H2. The number of hydrogen-bond acceptors (Lipinski definition) is 4. The highest BCUT2D eigenvalue weighted by molar-refractivity contribution is 7.92. The first kappa shape index (κ1) is 14.3. The van der Waals surface area contributed by atoms with Crippen LogP contribution in [-0.4, -0.2) is 25.8 Å². The van der Waals surface area contributed by atoms with E-state index in [1.54, 1.807) is 18.3 Å². The fourth-order valence-electron chi connectivity index (χ4n) is 1.45. The largest absolute Gasteiger partial charge is 0.492 e. The minimum absolute atomic E-state index is 0.0266. The number of ether oxygens (including phenoxy) is 1. The normalized spacial score (nSPS) is 11.1. The Morgan fingerprint density at radius 1 is 1.20 bits per heavy atom. The topological polar surface area (TPSA) is 68.3 Å². The number of pyridine rings is 1. The molecule has 0 fully saturated rings. The van der Waals surface area contributed by atoms with Crippen molar-refractivity contribution in [2.75, 3.05) is 17.1 Å². The molecule has 2 aromatic rings. The maximum absolute atomic E-state index is 12.7. The van der Waals surface area contributed by atoms with Crippen molar-refractivity contribution in [3.63, 3.8) is 0 Å². The minimum Gasteiger partial charge on any atom is -0.492 e. The number of anilines is 1. The van der Waals surface area contributed by atoms with Crippen molar-refractivity contribution in [2.24, 2.45) is 0 Å². The summed E-state index contributed by atoms with van der Waals surface area (Å²) in [5, 5.41) is 0. The number of halogens is 1. The molecule has 1 N–H and O–H groups in total. The molecule has 0 aliphatic heterocycles. The van der Waals surface area contributed by atoms with Crippen LogP contribution in [0.25, 0.3) is 0 Å². The van der Waals surface area contributed by atoms with Gasteiger partial charge in [0, 0.05) is 6.20 Å². The number of rotatable bonds is 6. The average Bonchev–Trinajstić information content (AvgIpc) is 2.41. The quantitative estimate of drug-likeness (QED) is 0.885. The van der Waals surface area contributed by atoms with Crippen molar-refractivity contribution in [3.05, 3.63) is 54.6 Å². The van der Waals surface area contributed by atoms with Gasteiger partial charge in [0.05, 0.1) is 11.9 Å². The van der Waals surface area contributed by atoms with Gasteiger partial charge in [-0.15, -0.1) is 0 Å². The van der Waals surface area contributed by atoms with E-state index in [0.29, 0.717) is 11.4 Å². The van der Waals surface area contributed by atoms with Gasteiger partial charge in [0.15, 0.2) is 0 Å². The zero-order chi connectivity index (χ0) is 14.4. The smallest absolute Gasteiger partial charge is 0.236 e. The molecule has 0 bridgehead atoms. The number of nitrogens with zero attached hydrogens (tertiary/aromatic N) is 1. The molecule has 0 unspecified atom stereocenters. The number of sulfonamides is 1. The van der Waals surface area contributed by atoms with Gasteiger partial charge in [0.25, 0.3) is 0 Å². The molecule has 1 aromatic heterocycles. The molecule has 0 spiro atoms. The third-order valence-electron chi connectivity index (χ3n) is 2.37. The maximum atomic E-state index is 12.7. The lowest BCUT2D eigenvalue weighted by Crippen LogP contribution is -2.21. The van der Waals surface area contributed by atoms with E-state index in [1.807, 2.05) is 0 Å². The molecule has 7 heteroatoms. The molecule has 0 radical (unpaired) electrons. The summed E-state index contributed by atoms with van der Waals surface area (Å²) in [6.07, 6.45) is 2.97. The van der Waals surface area contributed by atoms with Crippen LogP contribution in [0.5, 0.6) is 5.75 Å². The van der Waals surface area contributed by atoms with Crippen molar-refractivity contribution in [3.8, 4) is 5.75 Å². The van der Waals surface area contributed by atoms with E-state index in [1.165, 1.54) is 30.5 Å². The molecule has 106 valence electrons. The number of benzene rings is 1. The van der Waals surface area contributed by atoms with Crippen molar-refractivity contribution in [1.82, 2.24) is 4.98 Å². The monoisotopic (exact) mass is 296 g/mol. The van der Waals surface area contributed by atoms with Gasteiger partial charge in [0.1, 0.15) is 23.9 Å². The predicted octanol–water partition coefficient (Wildman–Crippen LogP) is 2.04. The van der Waals surface area contributed by atoms with E-state index in [0.717, 1.165) is 0 Å². The van der Waals surface area contributed by atoms with E-state index in [-0.39, 0.29) is 18.2 Å². The summed E-state index contributed by atoms with van der Waals surface area (Å²) in [4.78, 5) is 3.81. The fourth-order valence-corrected chi connectivity index (χ4v) is 2.34. The molecule has 0 saturated carbocycles. The van der Waals surface area contributed by atoms with Crippen molar-refractivity contribution in [2.45, 2.75) is 0 Å². The van der Waals surface area contributed by atoms with Gasteiger partial charge >= 0.3 is 0 Å². The third-order valence-corrected chi connectivity index (χ3v) is 3.62. The van der Waals surface area contributed by atoms with Crippen LogP contribution in [0.2, 0.25) is 0 Å². The van der Waals surface area contributed by atoms with E-state index < -0.39 is 10.0 Å². The Hall–Kier alpha value is -2.15. The van der Waals surface area contributed by atoms with Crippen LogP contribution in [0, 0.1) is 5.82 Å². The lowest BCUT2D eigenvalue weighted by atomic mass is 10.3. The van der Waals surface area contributed by atoms with E-state index in [4.69, 9.17) is 4.74 Å². The summed E-state index contributed by atoms with van der Waals surface area (Å²) in [5.74, 6) is -0.162. The SMILES string of the molecule is O=S(=O)(CCOc1ccc(F)cc1)Nc1cccnc1. The summed E-state index contributed by atoms with van der Waals surface area (Å²) in [6, 6.07) is 8.61. The second-order valence-corrected chi connectivity index (χ2v) is 5.81. The Morgan fingerprint density at radius 2 is 1.95 bits per heavy atom. The lowest BCUT2D eigenvalue weighted by molar-refractivity contribution is 0.340. The van der Waals surface area contributed by atoms with Crippen LogP contribution in [0.1, 0.15) is 0 Å². The van der Waals surface area contributed by atoms with Crippen molar-refractivity contribution in [1.29, 1.82) is 0 Å². The highest BCUT2D eigenvalue weighted by Gasteiger charge is 2.10. The summed E-state index contributed by atoms with van der Waals surface area (Å²) >= 11 is 0. The molecule has 0 aliphatic rings. The predicted molar refractivity (Wildman–Crippen MR) is 73.5 cm³/mol. The number of hydrogen-bond donors (Lipinski definition) is 1. The summed E-state index contributed by atoms with van der Waals surface area (Å²) in [5.41, 5.74) is 0.397. The van der Waals surface area contributed by atoms with Crippen LogP contribution >= 0.6 is 0 Å². The second-order valence-electron chi connectivity index (χ2n) is 3.97. The maximum Gasteiger partial charge on any atom is 0.236 e. The summed E-state index contributed by atoms with van der Waals surface area (Å²) in [7, 11) is -3.50. The van der Waals surface area contributed by atoms with E-state index >= 15 is 0 Å². The Morgan fingerprint density at radius 3 is 2.60 bits per heavy atom. The van der Waals surface area contributed by atoms with Gasteiger partial charge in [-0.2, -0.15) is 0 Å². The molecule has 1 heterocycles. The highest BCUT2D eigenvalue weighted by Crippen LogP contribution is 2.11. The van der Waals surface area contributed by atoms with Gasteiger partial charge < -0.3 is 4.74 Å². The molecule has 0 atom stereocenters. The first-order chi connectivity index (χ1) is 9.55. The van der Waals surface area contributed by atoms with Gasteiger partial charge in [0.2, 0.25) is 10.0 Å². The van der Waals surface area contributed by atoms with Crippen molar-refractivity contribution >= 4 is 15.7 Å². The minimum atomic E-state index is -3.50. The van der Waals surface area contributed by atoms with Crippen LogP contribution < -0.4 is 9.46 Å². The van der Waals surface area contributed by atoms with Gasteiger partial charge in [-0.1, -0.05) is 0 Å². The molecule has 0 aliphatic carbocycles. The molecule has 0 amide bonds. The molecule has 20 heavy (non-hydrogen) atoms. The Kier molecular flexibility index (Phi) is 4.52.